The van der Waals surface area contributed by atoms with E-state index in [1.54, 1.807) is 0 Å². The molecule has 0 bridgehead atoms. The molecule has 0 spiro atoms. The van der Waals surface area contributed by atoms with E-state index in [0.29, 0.717) is 6.61 Å². The number of hydrogen-bond donors (Lipinski definition) is 1. The smallest absolute Gasteiger partial charge is 0.217 e. The minimum Gasteiger partial charge on any atom is -0.726 e. The van der Waals surface area contributed by atoms with Crippen molar-refractivity contribution in [3.8, 4) is 0 Å². The van der Waals surface area contributed by atoms with Gasteiger partial charge >= 0.3 is 0 Å². The van der Waals surface area contributed by atoms with Crippen LogP contribution in [0.1, 0.15) is 110 Å². The fraction of sp³-hybridized carbons (Fsp3) is 1.00. The first-order valence-electron chi connectivity index (χ1n) is 11.0. The zero-order chi connectivity index (χ0) is 20.1. The molecule has 0 aromatic rings. The van der Waals surface area contributed by atoms with Crippen LogP contribution in [0, 0.1) is 0 Å². The molecule has 6 nitrogen and oxygen atoms in total. The fourth-order valence-electron chi connectivity index (χ4n) is 3.05. The van der Waals surface area contributed by atoms with Gasteiger partial charge in [-0.1, -0.05) is 103 Å². The van der Waals surface area contributed by atoms with Crippen molar-refractivity contribution in [2.75, 3.05) is 19.8 Å². The largest absolute Gasteiger partial charge is 0.726 e. The van der Waals surface area contributed by atoms with Crippen LogP contribution in [0.3, 0.4) is 0 Å². The molecule has 0 heterocycles. The lowest BCUT2D eigenvalue weighted by Gasteiger charge is -2.08. The molecular weight excluding hydrogens is 366 g/mol. The van der Waals surface area contributed by atoms with E-state index in [1.165, 1.54) is 89.9 Å². The molecule has 0 aromatic heterocycles. The molecule has 0 radical (unpaired) electrons. The maximum Gasteiger partial charge on any atom is 0.217 e. The average molecular weight is 409 g/mol. The van der Waals surface area contributed by atoms with E-state index < -0.39 is 10.4 Å². The summed E-state index contributed by atoms with van der Waals surface area (Å²) in [7, 11) is -4.59. The first kappa shape index (κ1) is 26.8. The van der Waals surface area contributed by atoms with Gasteiger partial charge in [-0.3, -0.25) is 4.18 Å². The lowest BCUT2D eigenvalue weighted by molar-refractivity contribution is 0.0313. The highest BCUT2D eigenvalue weighted by molar-refractivity contribution is 7.80. The Morgan fingerprint density at radius 2 is 1.07 bits per heavy atom. The summed E-state index contributed by atoms with van der Waals surface area (Å²) in [6, 6.07) is 0. The van der Waals surface area contributed by atoms with Crippen LogP contribution in [0.15, 0.2) is 0 Å². The van der Waals surface area contributed by atoms with Crippen molar-refractivity contribution in [3.63, 3.8) is 0 Å². The quantitative estimate of drug-likeness (QED) is 0.114. The third kappa shape index (κ3) is 25.8. The zero-order valence-electron chi connectivity index (χ0n) is 17.4. The Morgan fingerprint density at radius 3 is 1.48 bits per heavy atom. The maximum atomic E-state index is 10.2. The van der Waals surface area contributed by atoms with E-state index >= 15 is 0 Å². The number of hydroxylamine groups is 1. The van der Waals surface area contributed by atoms with E-state index in [4.69, 9.17) is 4.84 Å². The molecule has 0 aliphatic rings. The Balaban J connectivity index is 3.03. The number of hydrogen-bond acceptors (Lipinski definition) is 6. The van der Waals surface area contributed by atoms with Gasteiger partial charge in [-0.25, -0.2) is 13.9 Å². The molecule has 0 atom stereocenters. The molecule has 0 rings (SSSR count). The lowest BCUT2D eigenvalue weighted by atomic mass is 10.0. The topological polar surface area (TPSA) is 87.7 Å². The van der Waals surface area contributed by atoms with Gasteiger partial charge in [0.15, 0.2) is 0 Å². The van der Waals surface area contributed by atoms with E-state index in [9.17, 15) is 13.0 Å². The first-order chi connectivity index (χ1) is 13.1. The highest BCUT2D eigenvalue weighted by Crippen LogP contribution is 2.13. The van der Waals surface area contributed by atoms with Gasteiger partial charge in [-0.05, 0) is 6.42 Å². The Labute approximate surface area is 167 Å². The SMILES string of the molecule is CCCCCCCCCCCCCCCCCCONCCOS(=O)(=O)[O-]. The van der Waals surface area contributed by atoms with Gasteiger partial charge in [0.05, 0.1) is 13.2 Å². The summed E-state index contributed by atoms with van der Waals surface area (Å²) in [5.74, 6) is 0. The molecule has 0 aliphatic carbocycles. The van der Waals surface area contributed by atoms with Crippen LogP contribution in [0.5, 0.6) is 0 Å². The van der Waals surface area contributed by atoms with E-state index in [1.807, 2.05) is 0 Å². The summed E-state index contributed by atoms with van der Waals surface area (Å²) in [5.41, 5.74) is 2.58. The van der Waals surface area contributed by atoms with Crippen molar-refractivity contribution in [2.45, 2.75) is 110 Å². The predicted octanol–water partition coefficient (Wildman–Crippen LogP) is 5.25. The Kier molecular flexibility index (Phi) is 20.4. The standard InChI is InChI=1S/C20H43NO5S/c1-2-3-4-5-6-7-8-9-10-11-12-13-14-15-16-17-19-25-21-18-20-26-27(22,23)24/h21H,2-20H2,1H3,(H,22,23,24)/p-1. The van der Waals surface area contributed by atoms with Crippen LogP contribution < -0.4 is 5.48 Å². The molecule has 0 aromatic carbocycles. The van der Waals surface area contributed by atoms with Crippen LogP contribution in [0.25, 0.3) is 0 Å². The van der Waals surface area contributed by atoms with Crippen molar-refractivity contribution in [3.05, 3.63) is 0 Å². The van der Waals surface area contributed by atoms with E-state index in [0.717, 1.165) is 12.8 Å². The highest BCUT2D eigenvalue weighted by Gasteiger charge is 1.96. The maximum absolute atomic E-state index is 10.2. The van der Waals surface area contributed by atoms with Crippen molar-refractivity contribution in [1.29, 1.82) is 0 Å². The van der Waals surface area contributed by atoms with E-state index in [-0.39, 0.29) is 13.2 Å². The van der Waals surface area contributed by atoms with Crippen LogP contribution >= 0.6 is 0 Å². The summed E-state index contributed by atoms with van der Waals surface area (Å²) in [6.45, 7) is 2.83. The lowest BCUT2D eigenvalue weighted by Crippen LogP contribution is -2.22. The second-order valence-electron chi connectivity index (χ2n) is 7.28. The molecule has 0 fully saturated rings. The monoisotopic (exact) mass is 408 g/mol. The number of unbranched alkanes of at least 4 members (excludes halogenated alkanes) is 15. The van der Waals surface area contributed by atoms with Gasteiger partial charge in [-0.15, -0.1) is 0 Å². The van der Waals surface area contributed by atoms with Gasteiger partial charge < -0.3 is 9.39 Å². The number of rotatable bonds is 22. The molecule has 7 heteroatoms. The fourth-order valence-corrected chi connectivity index (χ4v) is 3.34. The second kappa shape index (κ2) is 20.5. The Bertz CT molecular complexity index is 390. The van der Waals surface area contributed by atoms with Crippen molar-refractivity contribution in [2.24, 2.45) is 0 Å². The van der Waals surface area contributed by atoms with Gasteiger partial charge in [0.2, 0.25) is 10.4 Å². The number of nitrogens with one attached hydrogen (secondary N) is 1. The molecule has 0 amide bonds. The summed E-state index contributed by atoms with van der Waals surface area (Å²) in [4.78, 5) is 5.14. The highest BCUT2D eigenvalue weighted by atomic mass is 32.3. The molecule has 0 saturated carbocycles. The van der Waals surface area contributed by atoms with Gasteiger partial charge in [0.25, 0.3) is 0 Å². The normalized spacial score (nSPS) is 11.9. The van der Waals surface area contributed by atoms with Gasteiger partial charge in [-0.2, -0.15) is 0 Å². The summed E-state index contributed by atoms with van der Waals surface area (Å²) < 4.78 is 34.6. The Morgan fingerprint density at radius 1 is 0.667 bits per heavy atom. The minimum absolute atomic E-state index is 0.181. The van der Waals surface area contributed by atoms with Crippen LogP contribution in [0.2, 0.25) is 0 Å². The molecule has 27 heavy (non-hydrogen) atoms. The third-order valence-electron chi connectivity index (χ3n) is 4.63. The average Bonchev–Trinajstić information content (AvgIpc) is 2.62. The molecule has 0 aliphatic heterocycles. The van der Waals surface area contributed by atoms with E-state index in [2.05, 4.69) is 16.6 Å². The predicted molar refractivity (Wildman–Crippen MR) is 109 cm³/mol. The molecular formula is C20H42NO5S-. The Hall–Kier alpha value is -0.210. The summed E-state index contributed by atoms with van der Waals surface area (Å²) in [6.07, 6.45) is 21.4. The van der Waals surface area contributed by atoms with Gasteiger partial charge in [0, 0.05) is 6.54 Å². The first-order valence-corrected chi connectivity index (χ1v) is 12.3. The minimum atomic E-state index is -4.59. The molecule has 1 N–H and O–H groups in total. The van der Waals surface area contributed by atoms with Crippen molar-refractivity contribution >= 4 is 10.4 Å². The molecule has 0 unspecified atom stereocenters. The molecule has 164 valence electrons. The van der Waals surface area contributed by atoms with Crippen LogP contribution in [-0.4, -0.2) is 32.7 Å². The summed E-state index contributed by atoms with van der Waals surface area (Å²) >= 11 is 0. The van der Waals surface area contributed by atoms with Gasteiger partial charge in [0.1, 0.15) is 0 Å². The van der Waals surface area contributed by atoms with Crippen molar-refractivity contribution < 1.29 is 22.0 Å². The summed E-state index contributed by atoms with van der Waals surface area (Å²) in [5, 5.41) is 0. The second-order valence-corrected chi connectivity index (χ2v) is 8.33. The molecule has 0 saturated heterocycles. The zero-order valence-corrected chi connectivity index (χ0v) is 18.2. The third-order valence-corrected chi connectivity index (χ3v) is 5.09. The van der Waals surface area contributed by atoms with Crippen molar-refractivity contribution in [1.82, 2.24) is 5.48 Å². The van der Waals surface area contributed by atoms with Crippen LogP contribution in [0.4, 0.5) is 0 Å². The van der Waals surface area contributed by atoms with Crippen LogP contribution in [-0.2, 0) is 19.4 Å².